The Labute approximate surface area is 124 Å². The highest BCUT2D eigenvalue weighted by atomic mass is 19.3. The number of alkyl halides is 2. The summed E-state index contributed by atoms with van der Waals surface area (Å²) in [5.74, 6) is 0.193. The van der Waals surface area contributed by atoms with Gasteiger partial charge in [-0.3, -0.25) is 0 Å². The summed E-state index contributed by atoms with van der Waals surface area (Å²) in [7, 11) is 0. The lowest BCUT2D eigenvalue weighted by Crippen LogP contribution is -2.32. The van der Waals surface area contributed by atoms with Gasteiger partial charge in [-0.05, 0) is 38.4 Å². The number of ether oxygens (including phenoxy) is 2. The molecular weight excluding hydrogens is 280 g/mol. The van der Waals surface area contributed by atoms with Crippen LogP contribution in [0, 0.1) is 0 Å². The molecule has 1 aromatic carbocycles. The number of hydrogen-bond donors (Lipinski definition) is 2. The van der Waals surface area contributed by atoms with Crippen molar-refractivity contribution in [2.24, 2.45) is 0 Å². The number of rotatable bonds is 10. The molecule has 4 nitrogen and oxygen atoms in total. The molecule has 6 heteroatoms. The van der Waals surface area contributed by atoms with Gasteiger partial charge in [0.2, 0.25) is 0 Å². The predicted octanol–water partition coefficient (Wildman–Crippen LogP) is 2.21. The zero-order valence-electron chi connectivity index (χ0n) is 12.4. The highest BCUT2D eigenvalue weighted by molar-refractivity contribution is 5.33. The second-order valence-electron chi connectivity index (χ2n) is 4.98. The summed E-state index contributed by atoms with van der Waals surface area (Å²) in [6, 6.07) is 6.70. The average Bonchev–Trinajstić information content (AvgIpc) is 2.42. The summed E-state index contributed by atoms with van der Waals surface area (Å²) < 4.78 is 34.3. The fourth-order valence-corrected chi connectivity index (χ4v) is 1.78. The molecule has 0 spiro atoms. The van der Waals surface area contributed by atoms with Crippen LogP contribution in [0.2, 0.25) is 0 Å². The van der Waals surface area contributed by atoms with E-state index in [0.717, 1.165) is 0 Å². The number of para-hydroxylation sites is 1. The van der Waals surface area contributed by atoms with Crippen LogP contribution in [0.1, 0.15) is 19.4 Å². The van der Waals surface area contributed by atoms with Crippen molar-refractivity contribution < 1.29 is 23.4 Å². The maximum atomic E-state index is 12.3. The summed E-state index contributed by atoms with van der Waals surface area (Å²) in [6.07, 6.45) is 0.0404. The summed E-state index contributed by atoms with van der Waals surface area (Å²) in [4.78, 5) is 0. The maximum Gasteiger partial charge on any atom is 0.387 e. The van der Waals surface area contributed by atoms with Crippen LogP contribution in [0.5, 0.6) is 5.75 Å². The molecule has 21 heavy (non-hydrogen) atoms. The molecule has 0 amide bonds. The summed E-state index contributed by atoms with van der Waals surface area (Å²) >= 11 is 0. The molecular formula is C15H23F2NO3. The second-order valence-corrected chi connectivity index (χ2v) is 4.98. The number of halogens is 2. The Morgan fingerprint density at radius 3 is 2.62 bits per heavy atom. The van der Waals surface area contributed by atoms with E-state index >= 15 is 0 Å². The number of hydrogen-bond acceptors (Lipinski definition) is 4. The first-order chi connectivity index (χ1) is 9.99. The van der Waals surface area contributed by atoms with Crippen molar-refractivity contribution in [2.45, 2.75) is 39.1 Å². The van der Waals surface area contributed by atoms with E-state index in [0.29, 0.717) is 25.1 Å². The molecule has 1 aromatic rings. The van der Waals surface area contributed by atoms with E-state index < -0.39 is 12.7 Å². The topological polar surface area (TPSA) is 50.7 Å². The molecule has 2 N–H and O–H groups in total. The minimum Gasteiger partial charge on any atom is -0.435 e. The van der Waals surface area contributed by atoms with E-state index in [4.69, 9.17) is 4.74 Å². The van der Waals surface area contributed by atoms with Crippen LogP contribution >= 0.6 is 0 Å². The Hall–Kier alpha value is -1.24. The molecule has 1 unspecified atom stereocenters. The molecule has 0 bridgehead atoms. The van der Waals surface area contributed by atoms with Gasteiger partial charge in [-0.2, -0.15) is 8.78 Å². The lowest BCUT2D eigenvalue weighted by Gasteiger charge is -2.15. The third-order valence-electron chi connectivity index (χ3n) is 2.76. The Balaban J connectivity index is 2.29. The molecule has 0 aromatic heterocycles. The Kier molecular flexibility index (Phi) is 8.19. The number of benzene rings is 1. The highest BCUT2D eigenvalue weighted by Crippen LogP contribution is 2.20. The largest absolute Gasteiger partial charge is 0.435 e. The first-order valence-electron chi connectivity index (χ1n) is 7.02. The van der Waals surface area contributed by atoms with E-state index in [1.54, 1.807) is 18.2 Å². The normalized spacial score (nSPS) is 12.9. The monoisotopic (exact) mass is 303 g/mol. The minimum atomic E-state index is -2.82. The van der Waals surface area contributed by atoms with Gasteiger partial charge in [-0.15, -0.1) is 0 Å². The van der Waals surface area contributed by atoms with Crippen LogP contribution in [0.4, 0.5) is 8.78 Å². The summed E-state index contributed by atoms with van der Waals surface area (Å²) in [6.45, 7) is 2.21. The molecule has 0 aliphatic carbocycles. The third-order valence-corrected chi connectivity index (χ3v) is 2.76. The zero-order valence-corrected chi connectivity index (χ0v) is 12.4. The molecule has 0 saturated carbocycles. The molecule has 120 valence electrons. The summed E-state index contributed by atoms with van der Waals surface area (Å²) in [5.41, 5.74) is 0.707. The van der Waals surface area contributed by atoms with Crippen LogP contribution in [0.15, 0.2) is 24.3 Å². The molecule has 0 radical (unpaired) electrons. The Morgan fingerprint density at radius 1 is 1.24 bits per heavy atom. The minimum absolute atomic E-state index is 0.0815. The molecule has 0 aliphatic rings. The molecule has 1 rings (SSSR count). The molecule has 1 atom stereocenters. The van der Waals surface area contributed by atoms with Crippen molar-refractivity contribution in [3.8, 4) is 5.75 Å². The van der Waals surface area contributed by atoms with Crippen LogP contribution in [0.3, 0.4) is 0 Å². The van der Waals surface area contributed by atoms with E-state index in [-0.39, 0.29) is 18.5 Å². The number of nitrogens with one attached hydrogen (secondary N) is 1. The summed E-state index contributed by atoms with van der Waals surface area (Å²) in [5, 5.41) is 12.7. The van der Waals surface area contributed by atoms with Crippen molar-refractivity contribution in [3.63, 3.8) is 0 Å². The highest BCUT2D eigenvalue weighted by Gasteiger charge is 2.09. The van der Waals surface area contributed by atoms with Crippen molar-refractivity contribution >= 4 is 0 Å². The fraction of sp³-hybridized carbons (Fsp3) is 0.600. The van der Waals surface area contributed by atoms with Crippen LogP contribution in [-0.2, 0) is 11.2 Å². The predicted molar refractivity (Wildman–Crippen MR) is 76.7 cm³/mol. The standard InChI is InChI=1S/C15H23F2NO3/c1-11(2)20-10-13(19)9-18-8-7-12-5-3-4-6-14(12)21-15(16)17/h3-6,11,13,15,18-19H,7-10H2,1-2H3. The second kappa shape index (κ2) is 9.65. The van der Waals surface area contributed by atoms with Gasteiger partial charge in [-0.25, -0.2) is 0 Å². The van der Waals surface area contributed by atoms with Gasteiger partial charge in [0.15, 0.2) is 0 Å². The van der Waals surface area contributed by atoms with Gasteiger partial charge in [-0.1, -0.05) is 18.2 Å². The van der Waals surface area contributed by atoms with Crippen molar-refractivity contribution in [3.05, 3.63) is 29.8 Å². The quantitative estimate of drug-likeness (QED) is 0.651. The molecule has 0 aliphatic heterocycles. The average molecular weight is 303 g/mol. The maximum absolute atomic E-state index is 12.3. The third kappa shape index (κ3) is 7.94. The fourth-order valence-electron chi connectivity index (χ4n) is 1.78. The Bertz CT molecular complexity index is 402. The van der Waals surface area contributed by atoms with Crippen molar-refractivity contribution in [1.82, 2.24) is 5.32 Å². The van der Waals surface area contributed by atoms with Crippen molar-refractivity contribution in [2.75, 3.05) is 19.7 Å². The van der Waals surface area contributed by atoms with E-state index in [1.165, 1.54) is 6.07 Å². The van der Waals surface area contributed by atoms with Gasteiger partial charge in [0.05, 0.1) is 18.8 Å². The van der Waals surface area contributed by atoms with Gasteiger partial charge < -0.3 is 19.9 Å². The van der Waals surface area contributed by atoms with Gasteiger partial charge >= 0.3 is 6.61 Å². The van der Waals surface area contributed by atoms with E-state index in [9.17, 15) is 13.9 Å². The lowest BCUT2D eigenvalue weighted by molar-refractivity contribution is -0.0504. The smallest absolute Gasteiger partial charge is 0.387 e. The molecule has 0 heterocycles. The first-order valence-corrected chi connectivity index (χ1v) is 7.02. The molecule has 0 saturated heterocycles. The van der Waals surface area contributed by atoms with Crippen LogP contribution < -0.4 is 10.1 Å². The van der Waals surface area contributed by atoms with Gasteiger partial charge in [0.25, 0.3) is 0 Å². The van der Waals surface area contributed by atoms with Crippen molar-refractivity contribution in [1.29, 1.82) is 0 Å². The van der Waals surface area contributed by atoms with Crippen LogP contribution in [0.25, 0.3) is 0 Å². The Morgan fingerprint density at radius 2 is 1.95 bits per heavy atom. The van der Waals surface area contributed by atoms with Gasteiger partial charge in [0, 0.05) is 6.54 Å². The van der Waals surface area contributed by atoms with Crippen LogP contribution in [-0.4, -0.2) is 43.6 Å². The number of aliphatic hydroxyl groups excluding tert-OH is 1. The lowest BCUT2D eigenvalue weighted by atomic mass is 10.1. The molecule has 0 fully saturated rings. The van der Waals surface area contributed by atoms with E-state index in [1.807, 2.05) is 13.8 Å². The SMILES string of the molecule is CC(C)OCC(O)CNCCc1ccccc1OC(F)F. The zero-order chi connectivity index (χ0) is 15.7. The van der Waals surface area contributed by atoms with E-state index in [2.05, 4.69) is 10.1 Å². The van der Waals surface area contributed by atoms with Gasteiger partial charge in [0.1, 0.15) is 5.75 Å². The first kappa shape index (κ1) is 17.8. The number of aliphatic hydroxyl groups is 1.